The molecule has 0 aromatic carbocycles. The molecule has 0 aromatic rings. The standard InChI is InChI=1S/C14H25NOSi/c1-11-12(10-15-5)8-9-13(11)16-17(6,7)14(2,3)4/h12H,8-10H2,1-4,6-7H3/t12-/m1/s1. The summed E-state index contributed by atoms with van der Waals surface area (Å²) < 4.78 is 6.37. The number of nitrogens with zero attached hydrogens (tertiary/aromatic N) is 1. The van der Waals surface area contributed by atoms with Gasteiger partial charge in [-0.3, -0.25) is 0 Å². The van der Waals surface area contributed by atoms with E-state index in [2.05, 4.69) is 45.6 Å². The fourth-order valence-corrected chi connectivity index (χ4v) is 3.06. The van der Waals surface area contributed by atoms with Gasteiger partial charge in [0.15, 0.2) is 0 Å². The van der Waals surface area contributed by atoms with Gasteiger partial charge in [0, 0.05) is 6.42 Å². The lowest BCUT2D eigenvalue weighted by molar-refractivity contribution is 0.370. The van der Waals surface area contributed by atoms with Gasteiger partial charge in [-0.15, -0.1) is 0 Å². The SMILES string of the molecule is [C-]#[N+]C[C@H]1CCC(O[Si](C)(C)C(C)(C)C)=C1C. The molecule has 0 saturated carbocycles. The van der Waals surface area contributed by atoms with Gasteiger partial charge in [-0.2, -0.15) is 0 Å². The van der Waals surface area contributed by atoms with Crippen LogP contribution in [0.5, 0.6) is 0 Å². The molecular weight excluding hydrogens is 226 g/mol. The monoisotopic (exact) mass is 251 g/mol. The van der Waals surface area contributed by atoms with E-state index in [-0.39, 0.29) is 5.04 Å². The molecule has 1 rings (SSSR count). The third-order valence-corrected chi connectivity index (χ3v) is 8.64. The summed E-state index contributed by atoms with van der Waals surface area (Å²) in [6.07, 6.45) is 2.12. The highest BCUT2D eigenvalue weighted by Crippen LogP contribution is 2.41. The molecule has 0 fully saturated rings. The molecule has 17 heavy (non-hydrogen) atoms. The fourth-order valence-electron chi connectivity index (χ4n) is 1.88. The van der Waals surface area contributed by atoms with E-state index in [0.717, 1.165) is 12.8 Å². The Kier molecular flexibility index (Phi) is 4.09. The van der Waals surface area contributed by atoms with E-state index in [1.165, 1.54) is 11.3 Å². The molecule has 96 valence electrons. The molecule has 1 aliphatic rings. The molecule has 3 heteroatoms. The average molecular weight is 251 g/mol. The van der Waals surface area contributed by atoms with E-state index in [4.69, 9.17) is 11.0 Å². The first kappa shape index (κ1) is 14.3. The maximum absolute atomic E-state index is 6.97. The molecule has 0 aromatic heterocycles. The summed E-state index contributed by atoms with van der Waals surface area (Å²) in [6.45, 7) is 21.1. The summed E-state index contributed by atoms with van der Waals surface area (Å²) in [4.78, 5) is 3.52. The van der Waals surface area contributed by atoms with Crippen LogP contribution in [-0.4, -0.2) is 14.9 Å². The Labute approximate surface area is 107 Å². The molecule has 0 N–H and O–H groups in total. The predicted molar refractivity (Wildman–Crippen MR) is 75.2 cm³/mol. The van der Waals surface area contributed by atoms with Crippen molar-refractivity contribution >= 4 is 8.32 Å². The molecule has 2 nitrogen and oxygen atoms in total. The van der Waals surface area contributed by atoms with Gasteiger partial charge < -0.3 is 9.27 Å². The topological polar surface area (TPSA) is 13.6 Å². The zero-order valence-electron chi connectivity index (χ0n) is 12.1. The Bertz CT molecular complexity index is 357. The van der Waals surface area contributed by atoms with E-state index >= 15 is 0 Å². The van der Waals surface area contributed by atoms with Crippen molar-refractivity contribution < 1.29 is 4.43 Å². The Morgan fingerprint density at radius 3 is 2.47 bits per heavy atom. The van der Waals surface area contributed by atoms with E-state index < -0.39 is 8.32 Å². The molecule has 0 saturated heterocycles. The van der Waals surface area contributed by atoms with Gasteiger partial charge in [-0.25, -0.2) is 6.57 Å². The second-order valence-electron chi connectivity index (χ2n) is 6.54. The highest BCUT2D eigenvalue weighted by Gasteiger charge is 2.40. The molecule has 1 aliphatic carbocycles. The number of rotatable bonds is 3. The number of hydrogen-bond donors (Lipinski definition) is 0. The van der Waals surface area contributed by atoms with Crippen LogP contribution in [0.4, 0.5) is 0 Å². The van der Waals surface area contributed by atoms with Gasteiger partial charge in [0.25, 0.3) is 0 Å². The van der Waals surface area contributed by atoms with Crippen molar-refractivity contribution in [2.45, 2.75) is 58.7 Å². The molecule has 1 atom stereocenters. The average Bonchev–Trinajstić information content (AvgIpc) is 2.48. The lowest BCUT2D eigenvalue weighted by atomic mass is 10.0. The van der Waals surface area contributed by atoms with Crippen LogP contribution in [0, 0.1) is 12.5 Å². The molecule has 0 aliphatic heterocycles. The van der Waals surface area contributed by atoms with Crippen LogP contribution < -0.4 is 0 Å². The minimum atomic E-state index is -1.70. The van der Waals surface area contributed by atoms with Gasteiger partial charge in [0.1, 0.15) is 0 Å². The highest BCUT2D eigenvalue weighted by atomic mass is 28.4. The Morgan fingerprint density at radius 1 is 1.41 bits per heavy atom. The summed E-state index contributed by atoms with van der Waals surface area (Å²) in [6, 6.07) is 0. The van der Waals surface area contributed by atoms with Crippen LogP contribution in [0.3, 0.4) is 0 Å². The quantitative estimate of drug-likeness (QED) is 0.527. The first-order valence-corrected chi connectivity index (χ1v) is 9.32. The number of hydrogen-bond acceptors (Lipinski definition) is 1. The third kappa shape index (κ3) is 3.13. The van der Waals surface area contributed by atoms with Crippen molar-refractivity contribution in [3.63, 3.8) is 0 Å². The highest BCUT2D eigenvalue weighted by molar-refractivity contribution is 6.74. The fraction of sp³-hybridized carbons (Fsp3) is 0.786. The van der Waals surface area contributed by atoms with Gasteiger partial charge >= 0.3 is 0 Å². The van der Waals surface area contributed by atoms with Crippen molar-refractivity contribution in [3.8, 4) is 0 Å². The first-order valence-electron chi connectivity index (χ1n) is 6.41. The maximum atomic E-state index is 6.97. The second-order valence-corrected chi connectivity index (χ2v) is 11.3. The summed E-state index contributed by atoms with van der Waals surface area (Å²) in [5, 5.41) is 0.248. The van der Waals surface area contributed by atoms with Crippen LogP contribution in [0.15, 0.2) is 11.3 Å². The normalized spacial score (nSPS) is 21.6. The van der Waals surface area contributed by atoms with Crippen LogP contribution in [0.2, 0.25) is 18.1 Å². The van der Waals surface area contributed by atoms with Gasteiger partial charge in [0.05, 0.1) is 11.7 Å². The van der Waals surface area contributed by atoms with E-state index in [1.807, 2.05) is 0 Å². The first-order chi connectivity index (χ1) is 7.69. The van der Waals surface area contributed by atoms with Crippen LogP contribution in [0.25, 0.3) is 4.85 Å². The van der Waals surface area contributed by atoms with Crippen LogP contribution in [-0.2, 0) is 4.43 Å². The van der Waals surface area contributed by atoms with Crippen molar-refractivity contribution in [1.29, 1.82) is 0 Å². The van der Waals surface area contributed by atoms with Crippen LogP contribution >= 0.6 is 0 Å². The van der Waals surface area contributed by atoms with Gasteiger partial charge in [-0.1, -0.05) is 20.8 Å². The molecule has 0 spiro atoms. The van der Waals surface area contributed by atoms with E-state index in [9.17, 15) is 0 Å². The van der Waals surface area contributed by atoms with Crippen molar-refractivity contribution in [3.05, 3.63) is 22.7 Å². The summed E-state index contributed by atoms with van der Waals surface area (Å²) >= 11 is 0. The molecule has 0 unspecified atom stereocenters. The zero-order chi connectivity index (χ0) is 13.3. The summed E-state index contributed by atoms with van der Waals surface area (Å²) in [5.74, 6) is 1.62. The summed E-state index contributed by atoms with van der Waals surface area (Å²) in [5.41, 5.74) is 1.32. The minimum absolute atomic E-state index is 0.248. The predicted octanol–water partition coefficient (Wildman–Crippen LogP) is 4.61. The maximum Gasteiger partial charge on any atom is 0.250 e. The minimum Gasteiger partial charge on any atom is -0.547 e. The molecule has 0 amide bonds. The number of allylic oxidation sites excluding steroid dienone is 1. The Morgan fingerprint density at radius 2 is 2.00 bits per heavy atom. The molecule has 0 radical (unpaired) electrons. The lowest BCUT2D eigenvalue weighted by Crippen LogP contribution is -2.40. The largest absolute Gasteiger partial charge is 0.547 e. The van der Waals surface area contributed by atoms with Crippen molar-refractivity contribution in [1.82, 2.24) is 0 Å². The molecular formula is C14H25NOSi. The molecule has 0 heterocycles. The smallest absolute Gasteiger partial charge is 0.250 e. The van der Waals surface area contributed by atoms with Crippen LogP contribution in [0.1, 0.15) is 40.5 Å². The van der Waals surface area contributed by atoms with Gasteiger partial charge in [-0.05, 0) is 37.0 Å². The summed E-state index contributed by atoms with van der Waals surface area (Å²) in [7, 11) is -1.70. The third-order valence-electron chi connectivity index (χ3n) is 4.27. The van der Waals surface area contributed by atoms with Crippen molar-refractivity contribution in [2.75, 3.05) is 6.54 Å². The van der Waals surface area contributed by atoms with E-state index in [1.54, 1.807) is 0 Å². The Hall–Kier alpha value is -0.753. The molecule has 0 bridgehead atoms. The second kappa shape index (κ2) is 4.86. The van der Waals surface area contributed by atoms with E-state index in [0.29, 0.717) is 12.5 Å². The van der Waals surface area contributed by atoms with Gasteiger partial charge in [0.2, 0.25) is 14.9 Å². The zero-order valence-corrected chi connectivity index (χ0v) is 13.1. The van der Waals surface area contributed by atoms with Crippen molar-refractivity contribution in [2.24, 2.45) is 5.92 Å². The Balaban J connectivity index is 2.80. The lowest BCUT2D eigenvalue weighted by Gasteiger charge is -2.37.